The molecule has 32 heavy (non-hydrogen) atoms. The molecule has 2 aromatic carbocycles. The number of likely N-dealkylation sites (N-methyl/N-ethyl adjacent to an activating group) is 1. The molecular weight excluding hydrogens is 416 g/mol. The van der Waals surface area contributed by atoms with Crippen LogP contribution in [-0.4, -0.2) is 46.1 Å². The molecule has 5 nitrogen and oxygen atoms in total. The van der Waals surface area contributed by atoms with Crippen LogP contribution in [0, 0.1) is 20.8 Å². The standard InChI is InChI=1S/C26H34N4OS/c1-6-29(7-2)14-15-30(26(32)27-22-12-8-18(3)9-13-22)17-21-16-23-19(4)10-11-20(5)24(23)28-25(21)31/h8-13,16H,6-7,14-15,17H2,1-5H3,(H,27,32)(H,28,31). The van der Waals surface area contributed by atoms with Gasteiger partial charge in [-0.15, -0.1) is 0 Å². The fourth-order valence-corrected chi connectivity index (χ4v) is 4.11. The molecule has 0 spiro atoms. The number of aryl methyl sites for hydroxylation is 3. The fourth-order valence-electron chi connectivity index (χ4n) is 3.84. The number of aromatic nitrogens is 1. The molecule has 0 aliphatic heterocycles. The Morgan fingerprint density at radius 2 is 1.62 bits per heavy atom. The fraction of sp³-hybridized carbons (Fsp3) is 0.385. The van der Waals surface area contributed by atoms with E-state index in [9.17, 15) is 4.79 Å². The van der Waals surface area contributed by atoms with Gasteiger partial charge in [0.05, 0.1) is 12.1 Å². The predicted octanol–water partition coefficient (Wildman–Crippen LogP) is 4.99. The topological polar surface area (TPSA) is 51.4 Å². The highest BCUT2D eigenvalue weighted by molar-refractivity contribution is 7.80. The Kier molecular flexibility index (Phi) is 8.04. The van der Waals surface area contributed by atoms with Crippen LogP contribution in [0.2, 0.25) is 0 Å². The van der Waals surface area contributed by atoms with Gasteiger partial charge < -0.3 is 20.1 Å². The molecule has 0 bridgehead atoms. The average molecular weight is 451 g/mol. The first kappa shape index (κ1) is 24.0. The lowest BCUT2D eigenvalue weighted by molar-refractivity contribution is 0.266. The zero-order chi connectivity index (χ0) is 23.3. The highest BCUT2D eigenvalue weighted by Crippen LogP contribution is 2.20. The number of fused-ring (bicyclic) bond motifs is 1. The summed E-state index contributed by atoms with van der Waals surface area (Å²) >= 11 is 5.78. The zero-order valence-corrected chi connectivity index (χ0v) is 20.6. The second kappa shape index (κ2) is 10.7. The molecule has 1 aromatic heterocycles. The minimum absolute atomic E-state index is 0.0582. The van der Waals surface area contributed by atoms with Crippen molar-refractivity contribution in [2.24, 2.45) is 0 Å². The molecule has 0 amide bonds. The SMILES string of the molecule is CCN(CC)CCN(Cc1cc2c(C)ccc(C)c2[nH]c1=O)C(=S)Nc1ccc(C)cc1. The number of hydrogen-bond donors (Lipinski definition) is 2. The van der Waals surface area contributed by atoms with Crippen LogP contribution in [0.3, 0.4) is 0 Å². The van der Waals surface area contributed by atoms with Crippen molar-refractivity contribution in [1.29, 1.82) is 0 Å². The summed E-state index contributed by atoms with van der Waals surface area (Å²) in [6, 6.07) is 14.3. The number of H-pyrrole nitrogens is 1. The van der Waals surface area contributed by atoms with Crippen molar-refractivity contribution in [1.82, 2.24) is 14.8 Å². The maximum Gasteiger partial charge on any atom is 0.253 e. The maximum atomic E-state index is 12.9. The molecule has 0 radical (unpaired) electrons. The Bertz CT molecular complexity index is 1130. The number of rotatable bonds is 8. The van der Waals surface area contributed by atoms with Crippen molar-refractivity contribution in [2.75, 3.05) is 31.5 Å². The van der Waals surface area contributed by atoms with Gasteiger partial charge in [-0.1, -0.05) is 43.7 Å². The summed E-state index contributed by atoms with van der Waals surface area (Å²) in [6.07, 6.45) is 0. The number of aromatic amines is 1. The van der Waals surface area contributed by atoms with Crippen molar-refractivity contribution in [3.05, 3.63) is 75.1 Å². The highest BCUT2D eigenvalue weighted by Gasteiger charge is 2.16. The van der Waals surface area contributed by atoms with Gasteiger partial charge in [0.1, 0.15) is 0 Å². The molecule has 2 N–H and O–H groups in total. The van der Waals surface area contributed by atoms with Gasteiger partial charge in [0.25, 0.3) is 5.56 Å². The Labute approximate surface area is 196 Å². The van der Waals surface area contributed by atoms with E-state index in [-0.39, 0.29) is 5.56 Å². The van der Waals surface area contributed by atoms with Crippen molar-refractivity contribution in [3.63, 3.8) is 0 Å². The Morgan fingerprint density at radius 3 is 2.28 bits per heavy atom. The Morgan fingerprint density at radius 1 is 0.969 bits per heavy atom. The van der Waals surface area contributed by atoms with E-state index < -0.39 is 0 Å². The van der Waals surface area contributed by atoms with Crippen LogP contribution in [-0.2, 0) is 6.54 Å². The van der Waals surface area contributed by atoms with E-state index >= 15 is 0 Å². The molecule has 170 valence electrons. The average Bonchev–Trinajstić information content (AvgIpc) is 2.78. The molecule has 0 saturated carbocycles. The smallest absolute Gasteiger partial charge is 0.253 e. The molecule has 3 aromatic rings. The molecule has 0 fully saturated rings. The third-order valence-corrected chi connectivity index (χ3v) is 6.41. The summed E-state index contributed by atoms with van der Waals surface area (Å²) in [5, 5.41) is 5.06. The summed E-state index contributed by atoms with van der Waals surface area (Å²) < 4.78 is 0. The zero-order valence-electron chi connectivity index (χ0n) is 19.8. The first-order valence-electron chi connectivity index (χ1n) is 11.3. The number of thiocarbonyl (C=S) groups is 1. The van der Waals surface area contributed by atoms with Gasteiger partial charge in [-0.3, -0.25) is 4.79 Å². The largest absolute Gasteiger partial charge is 0.343 e. The molecular formula is C26H34N4OS. The second-order valence-electron chi connectivity index (χ2n) is 8.36. The minimum Gasteiger partial charge on any atom is -0.343 e. The molecule has 3 rings (SSSR count). The Hall–Kier alpha value is -2.70. The first-order chi connectivity index (χ1) is 15.3. The van der Waals surface area contributed by atoms with E-state index in [0.717, 1.165) is 59.5 Å². The van der Waals surface area contributed by atoms with E-state index in [1.807, 2.05) is 31.2 Å². The lowest BCUT2D eigenvalue weighted by Crippen LogP contribution is -2.41. The number of anilines is 1. The number of nitrogens with zero attached hydrogens (tertiary/aromatic N) is 2. The third-order valence-electron chi connectivity index (χ3n) is 6.05. The molecule has 0 aliphatic rings. The normalized spacial score (nSPS) is 11.2. The van der Waals surface area contributed by atoms with Gasteiger partial charge in [-0.25, -0.2) is 0 Å². The van der Waals surface area contributed by atoms with E-state index in [2.05, 4.69) is 66.0 Å². The van der Waals surface area contributed by atoms with Gasteiger partial charge in [-0.05, 0) is 75.4 Å². The summed E-state index contributed by atoms with van der Waals surface area (Å²) in [6.45, 7) is 14.5. The molecule has 0 saturated heterocycles. The first-order valence-corrected chi connectivity index (χ1v) is 11.7. The molecule has 0 atom stereocenters. The van der Waals surface area contributed by atoms with Crippen molar-refractivity contribution in [2.45, 2.75) is 41.2 Å². The predicted molar refractivity (Wildman–Crippen MR) is 140 cm³/mol. The van der Waals surface area contributed by atoms with Crippen LogP contribution >= 0.6 is 12.2 Å². The van der Waals surface area contributed by atoms with Crippen LogP contribution < -0.4 is 10.9 Å². The van der Waals surface area contributed by atoms with Crippen molar-refractivity contribution < 1.29 is 0 Å². The van der Waals surface area contributed by atoms with E-state index in [4.69, 9.17) is 12.2 Å². The van der Waals surface area contributed by atoms with Gasteiger partial charge in [0.2, 0.25) is 0 Å². The van der Waals surface area contributed by atoms with Crippen molar-refractivity contribution in [3.8, 4) is 0 Å². The molecule has 6 heteroatoms. The monoisotopic (exact) mass is 450 g/mol. The van der Waals surface area contributed by atoms with Crippen LogP contribution in [0.1, 0.15) is 36.1 Å². The Balaban J connectivity index is 1.89. The van der Waals surface area contributed by atoms with Crippen molar-refractivity contribution >= 4 is 33.9 Å². The molecule has 0 unspecified atom stereocenters. The molecule has 0 aliphatic carbocycles. The lowest BCUT2D eigenvalue weighted by atomic mass is 10.0. The number of nitrogens with one attached hydrogen (secondary N) is 2. The highest BCUT2D eigenvalue weighted by atomic mass is 32.1. The quantitative estimate of drug-likeness (QED) is 0.473. The number of pyridine rings is 1. The van der Waals surface area contributed by atoms with Crippen LogP contribution in [0.5, 0.6) is 0 Å². The van der Waals surface area contributed by atoms with Gasteiger partial charge in [0, 0.05) is 29.7 Å². The summed E-state index contributed by atoms with van der Waals surface area (Å²) in [7, 11) is 0. The maximum absolute atomic E-state index is 12.9. The van der Waals surface area contributed by atoms with Crippen LogP contribution in [0.4, 0.5) is 5.69 Å². The second-order valence-corrected chi connectivity index (χ2v) is 8.74. The number of hydrogen-bond acceptors (Lipinski definition) is 3. The summed E-state index contributed by atoms with van der Waals surface area (Å²) in [5.74, 6) is 0. The molecule has 1 heterocycles. The van der Waals surface area contributed by atoms with E-state index in [1.165, 1.54) is 5.56 Å². The summed E-state index contributed by atoms with van der Waals surface area (Å²) in [4.78, 5) is 20.5. The van der Waals surface area contributed by atoms with Crippen LogP contribution in [0.25, 0.3) is 10.9 Å². The van der Waals surface area contributed by atoms with Crippen LogP contribution in [0.15, 0.2) is 47.3 Å². The van der Waals surface area contributed by atoms with E-state index in [0.29, 0.717) is 11.7 Å². The lowest BCUT2D eigenvalue weighted by Gasteiger charge is -2.29. The summed E-state index contributed by atoms with van der Waals surface area (Å²) in [5.41, 5.74) is 5.95. The van der Waals surface area contributed by atoms with Gasteiger partial charge in [0.15, 0.2) is 5.11 Å². The van der Waals surface area contributed by atoms with E-state index in [1.54, 1.807) is 0 Å². The van der Waals surface area contributed by atoms with Gasteiger partial charge >= 0.3 is 0 Å². The van der Waals surface area contributed by atoms with Gasteiger partial charge in [-0.2, -0.15) is 0 Å². The third kappa shape index (κ3) is 5.75. The minimum atomic E-state index is -0.0582. The number of benzene rings is 2.